The van der Waals surface area contributed by atoms with Gasteiger partial charge in [-0.3, -0.25) is 5.43 Å². The summed E-state index contributed by atoms with van der Waals surface area (Å²) in [5.41, 5.74) is 10.5. The number of nitrogens with two attached hydrogens (primary N) is 1. The normalized spacial score (nSPS) is 10.8. The Bertz CT molecular complexity index is 630. The molecule has 0 aliphatic rings. The standard InChI is InChI=1S/C14H16N4O2S/c1-9-13(10(2)20-18-9)8-19-12-5-3-11(4-6-12)7-16-17-14(15)21/h3-7H,8H2,1-2H3,(H3,15,17,21). The molecular weight excluding hydrogens is 288 g/mol. The van der Waals surface area contributed by atoms with E-state index in [4.69, 9.17) is 15.0 Å². The van der Waals surface area contributed by atoms with Crippen molar-refractivity contribution in [2.24, 2.45) is 10.8 Å². The van der Waals surface area contributed by atoms with Crippen LogP contribution < -0.4 is 15.9 Å². The first-order valence-electron chi connectivity index (χ1n) is 6.29. The van der Waals surface area contributed by atoms with E-state index < -0.39 is 0 Å². The molecule has 0 saturated carbocycles. The number of thiocarbonyl (C=S) groups is 1. The Morgan fingerprint density at radius 3 is 2.71 bits per heavy atom. The van der Waals surface area contributed by atoms with E-state index in [1.54, 1.807) is 6.21 Å². The lowest BCUT2D eigenvalue weighted by Crippen LogP contribution is -2.23. The summed E-state index contributed by atoms with van der Waals surface area (Å²) in [5.74, 6) is 1.54. The lowest BCUT2D eigenvalue weighted by atomic mass is 10.2. The van der Waals surface area contributed by atoms with E-state index in [2.05, 4.69) is 27.9 Å². The van der Waals surface area contributed by atoms with Crippen molar-refractivity contribution in [3.05, 3.63) is 46.8 Å². The topological polar surface area (TPSA) is 85.7 Å². The van der Waals surface area contributed by atoms with E-state index in [-0.39, 0.29) is 5.11 Å². The zero-order valence-electron chi connectivity index (χ0n) is 11.8. The number of nitrogens with one attached hydrogen (secondary N) is 1. The molecule has 1 heterocycles. The average molecular weight is 304 g/mol. The quantitative estimate of drug-likeness (QED) is 0.499. The highest BCUT2D eigenvalue weighted by molar-refractivity contribution is 7.80. The van der Waals surface area contributed by atoms with Gasteiger partial charge in [0.2, 0.25) is 0 Å². The van der Waals surface area contributed by atoms with Gasteiger partial charge in [-0.15, -0.1) is 0 Å². The molecule has 21 heavy (non-hydrogen) atoms. The summed E-state index contributed by atoms with van der Waals surface area (Å²) < 4.78 is 10.8. The van der Waals surface area contributed by atoms with Crippen LogP contribution >= 0.6 is 12.2 Å². The highest BCUT2D eigenvalue weighted by Crippen LogP contribution is 2.17. The molecular formula is C14H16N4O2S. The van der Waals surface area contributed by atoms with Crippen LogP contribution in [0.3, 0.4) is 0 Å². The summed E-state index contributed by atoms with van der Waals surface area (Å²) in [6.45, 7) is 4.19. The van der Waals surface area contributed by atoms with Crippen molar-refractivity contribution in [2.45, 2.75) is 20.5 Å². The molecule has 6 nitrogen and oxygen atoms in total. The molecule has 0 amide bonds. The number of ether oxygens (including phenoxy) is 1. The summed E-state index contributed by atoms with van der Waals surface area (Å²) in [4.78, 5) is 0. The number of benzene rings is 1. The molecule has 0 spiro atoms. The van der Waals surface area contributed by atoms with E-state index in [0.717, 1.165) is 28.3 Å². The van der Waals surface area contributed by atoms with E-state index in [1.165, 1.54) is 0 Å². The highest BCUT2D eigenvalue weighted by atomic mass is 32.1. The van der Waals surface area contributed by atoms with Crippen molar-refractivity contribution in [2.75, 3.05) is 0 Å². The number of aromatic nitrogens is 1. The second-order valence-electron chi connectivity index (χ2n) is 4.39. The van der Waals surface area contributed by atoms with Crippen molar-refractivity contribution in [1.29, 1.82) is 0 Å². The number of aryl methyl sites for hydroxylation is 2. The lowest BCUT2D eigenvalue weighted by molar-refractivity contribution is 0.301. The maximum absolute atomic E-state index is 5.71. The van der Waals surface area contributed by atoms with Crippen LogP contribution in [0.1, 0.15) is 22.6 Å². The van der Waals surface area contributed by atoms with Gasteiger partial charge < -0.3 is 15.0 Å². The summed E-state index contributed by atoms with van der Waals surface area (Å²) in [7, 11) is 0. The van der Waals surface area contributed by atoms with Crippen molar-refractivity contribution >= 4 is 23.5 Å². The predicted molar refractivity (Wildman–Crippen MR) is 84.3 cm³/mol. The second kappa shape index (κ2) is 6.85. The molecule has 1 aromatic heterocycles. The largest absolute Gasteiger partial charge is 0.489 e. The van der Waals surface area contributed by atoms with Crippen molar-refractivity contribution in [3.8, 4) is 5.75 Å². The van der Waals surface area contributed by atoms with E-state index >= 15 is 0 Å². The van der Waals surface area contributed by atoms with Gasteiger partial charge in [0.1, 0.15) is 18.1 Å². The third-order valence-corrected chi connectivity index (χ3v) is 2.92. The van der Waals surface area contributed by atoms with Gasteiger partial charge in [0, 0.05) is 0 Å². The smallest absolute Gasteiger partial charge is 0.184 e. The number of nitrogens with zero attached hydrogens (tertiary/aromatic N) is 2. The first-order chi connectivity index (χ1) is 10.1. The van der Waals surface area contributed by atoms with Crippen molar-refractivity contribution in [3.63, 3.8) is 0 Å². The minimum atomic E-state index is 0.130. The fourth-order valence-corrected chi connectivity index (χ4v) is 1.74. The predicted octanol–water partition coefficient (Wildman–Crippen LogP) is 2.04. The molecule has 0 radical (unpaired) electrons. The van der Waals surface area contributed by atoms with Gasteiger partial charge in [0.15, 0.2) is 5.11 Å². The Balaban J connectivity index is 1.93. The summed E-state index contributed by atoms with van der Waals surface area (Å²) in [6.07, 6.45) is 1.62. The first-order valence-corrected chi connectivity index (χ1v) is 6.70. The second-order valence-corrected chi connectivity index (χ2v) is 4.83. The average Bonchev–Trinajstić information content (AvgIpc) is 2.77. The summed E-state index contributed by atoms with van der Waals surface area (Å²) in [5, 5.41) is 7.90. The molecule has 7 heteroatoms. The molecule has 3 N–H and O–H groups in total. The van der Waals surface area contributed by atoms with E-state index in [0.29, 0.717) is 6.61 Å². The Morgan fingerprint density at radius 2 is 2.14 bits per heavy atom. The summed E-state index contributed by atoms with van der Waals surface area (Å²) >= 11 is 4.65. The highest BCUT2D eigenvalue weighted by Gasteiger charge is 2.09. The zero-order chi connectivity index (χ0) is 15.2. The molecule has 0 unspecified atom stereocenters. The minimum Gasteiger partial charge on any atom is -0.489 e. The van der Waals surface area contributed by atoms with Gasteiger partial charge >= 0.3 is 0 Å². The minimum absolute atomic E-state index is 0.130. The lowest BCUT2D eigenvalue weighted by Gasteiger charge is -2.05. The Labute approximate surface area is 128 Å². The van der Waals surface area contributed by atoms with Gasteiger partial charge in [-0.05, 0) is 55.9 Å². The van der Waals surface area contributed by atoms with Crippen molar-refractivity contribution in [1.82, 2.24) is 10.6 Å². The third kappa shape index (κ3) is 4.28. The molecule has 1 aromatic carbocycles. The van der Waals surface area contributed by atoms with Crippen LogP contribution in [-0.2, 0) is 6.61 Å². The van der Waals surface area contributed by atoms with E-state index in [9.17, 15) is 0 Å². The number of rotatable bonds is 5. The zero-order valence-corrected chi connectivity index (χ0v) is 12.6. The molecule has 0 saturated heterocycles. The van der Waals surface area contributed by atoms with Gasteiger partial charge in [0.25, 0.3) is 0 Å². The molecule has 0 bridgehead atoms. The number of hydrazone groups is 1. The van der Waals surface area contributed by atoms with Crippen LogP contribution in [0.4, 0.5) is 0 Å². The Morgan fingerprint density at radius 1 is 1.43 bits per heavy atom. The third-order valence-electron chi connectivity index (χ3n) is 2.83. The van der Waals surface area contributed by atoms with Crippen LogP contribution in [0.5, 0.6) is 5.75 Å². The fourth-order valence-electron chi connectivity index (χ4n) is 1.68. The molecule has 2 rings (SSSR count). The van der Waals surface area contributed by atoms with Gasteiger partial charge in [-0.1, -0.05) is 5.16 Å². The van der Waals surface area contributed by atoms with Crippen LogP contribution in [0.25, 0.3) is 0 Å². The van der Waals surface area contributed by atoms with Crippen LogP contribution in [0.15, 0.2) is 33.9 Å². The van der Waals surface area contributed by atoms with Gasteiger partial charge in [-0.2, -0.15) is 5.10 Å². The van der Waals surface area contributed by atoms with Gasteiger partial charge in [-0.25, -0.2) is 0 Å². The molecule has 0 fully saturated rings. The fraction of sp³-hybridized carbons (Fsp3) is 0.214. The van der Waals surface area contributed by atoms with Crippen LogP contribution in [0.2, 0.25) is 0 Å². The molecule has 0 aliphatic carbocycles. The maximum atomic E-state index is 5.71. The maximum Gasteiger partial charge on any atom is 0.184 e. The number of hydrogen-bond acceptors (Lipinski definition) is 5. The van der Waals surface area contributed by atoms with Crippen molar-refractivity contribution < 1.29 is 9.26 Å². The van der Waals surface area contributed by atoms with Gasteiger partial charge in [0.05, 0.1) is 17.5 Å². The Kier molecular flexibility index (Phi) is 4.89. The first kappa shape index (κ1) is 15.0. The summed E-state index contributed by atoms with van der Waals surface area (Å²) in [6, 6.07) is 7.49. The molecule has 0 atom stereocenters. The molecule has 2 aromatic rings. The Hall–Kier alpha value is -2.41. The molecule has 0 aliphatic heterocycles. The van der Waals surface area contributed by atoms with E-state index in [1.807, 2.05) is 38.1 Å². The monoisotopic (exact) mass is 304 g/mol. The van der Waals surface area contributed by atoms with Crippen LogP contribution in [0, 0.1) is 13.8 Å². The van der Waals surface area contributed by atoms with Crippen LogP contribution in [-0.4, -0.2) is 16.5 Å². The molecule has 110 valence electrons. The number of hydrogen-bond donors (Lipinski definition) is 2. The SMILES string of the molecule is Cc1noc(C)c1COc1ccc(C=NNC(N)=S)cc1.